The van der Waals surface area contributed by atoms with Gasteiger partial charge in [-0.05, 0) is 37.8 Å². The van der Waals surface area contributed by atoms with Crippen LogP contribution in [0.25, 0.3) is 0 Å². The quantitative estimate of drug-likeness (QED) is 0.663. The average molecular weight is 264 g/mol. The Morgan fingerprint density at radius 3 is 2.11 bits per heavy atom. The van der Waals surface area contributed by atoms with E-state index in [0.717, 1.165) is 13.1 Å². The first kappa shape index (κ1) is 16.0. The van der Waals surface area contributed by atoms with Crippen molar-refractivity contribution in [2.24, 2.45) is 5.92 Å². The molecule has 0 fully saturated rings. The molecule has 0 saturated carbocycles. The zero-order chi connectivity index (χ0) is 14.4. The minimum absolute atomic E-state index is 0.182. The lowest BCUT2D eigenvalue weighted by molar-refractivity contribution is 0.212. The van der Waals surface area contributed by atoms with E-state index in [-0.39, 0.29) is 12.6 Å². The Kier molecular flexibility index (Phi) is 6.32. The third-order valence-electron chi connectivity index (χ3n) is 3.51. The fourth-order valence-electron chi connectivity index (χ4n) is 2.41. The molecule has 0 spiro atoms. The summed E-state index contributed by atoms with van der Waals surface area (Å²) in [5.41, 5.74) is 5.12. The van der Waals surface area contributed by atoms with Crippen LogP contribution >= 0.6 is 0 Å². The first-order valence-electron chi connectivity index (χ1n) is 7.11. The number of rotatable bonds is 7. The lowest BCUT2D eigenvalue weighted by Gasteiger charge is -2.21. The third kappa shape index (κ3) is 4.84. The van der Waals surface area contributed by atoms with Gasteiger partial charge in [-0.2, -0.15) is 0 Å². The van der Waals surface area contributed by atoms with Gasteiger partial charge in [0.25, 0.3) is 0 Å². The van der Waals surface area contributed by atoms with Crippen molar-refractivity contribution in [1.29, 1.82) is 0 Å². The number of aliphatic hydroxyl groups excluding tert-OH is 1. The number of aryl methyl sites for hydroxylation is 3. The van der Waals surface area contributed by atoms with Gasteiger partial charge in [-0.25, -0.2) is 0 Å². The number of aliphatic hydroxyl groups is 1. The van der Waals surface area contributed by atoms with E-state index in [1.165, 1.54) is 22.4 Å². The fourth-order valence-corrected chi connectivity index (χ4v) is 2.41. The van der Waals surface area contributed by atoms with Gasteiger partial charge in [0.1, 0.15) is 0 Å². The maximum atomic E-state index is 9.25. The van der Waals surface area contributed by atoms with Gasteiger partial charge in [0, 0.05) is 24.8 Å². The number of benzene rings is 1. The van der Waals surface area contributed by atoms with Crippen LogP contribution in [0.2, 0.25) is 0 Å². The first-order chi connectivity index (χ1) is 8.95. The van der Waals surface area contributed by atoms with E-state index in [9.17, 15) is 5.11 Å². The summed E-state index contributed by atoms with van der Waals surface area (Å²) < 4.78 is 0. The zero-order valence-corrected chi connectivity index (χ0v) is 12.9. The van der Waals surface area contributed by atoms with Gasteiger partial charge in [0.05, 0.1) is 6.61 Å². The normalized spacial score (nSPS) is 12.8. The molecular formula is C16H28N2O. The Morgan fingerprint density at radius 1 is 1.05 bits per heavy atom. The van der Waals surface area contributed by atoms with Crippen LogP contribution in [0.4, 0.5) is 5.69 Å². The monoisotopic (exact) mass is 264 g/mol. The van der Waals surface area contributed by atoms with Crippen molar-refractivity contribution in [2.75, 3.05) is 25.0 Å². The van der Waals surface area contributed by atoms with E-state index in [1.54, 1.807) is 0 Å². The van der Waals surface area contributed by atoms with E-state index in [1.807, 2.05) is 0 Å². The Labute approximate surface area is 117 Å². The maximum Gasteiger partial charge on any atom is 0.0587 e. The predicted octanol–water partition coefficient (Wildman–Crippen LogP) is 2.63. The smallest absolute Gasteiger partial charge is 0.0587 e. The van der Waals surface area contributed by atoms with Gasteiger partial charge >= 0.3 is 0 Å². The molecule has 0 radical (unpaired) electrons. The molecule has 1 aromatic carbocycles. The van der Waals surface area contributed by atoms with Crippen LogP contribution in [0.3, 0.4) is 0 Å². The molecule has 0 amide bonds. The Balaban J connectivity index is 2.46. The van der Waals surface area contributed by atoms with Crippen LogP contribution in [-0.4, -0.2) is 30.8 Å². The summed E-state index contributed by atoms with van der Waals surface area (Å²) in [6, 6.07) is 4.59. The molecule has 0 saturated heterocycles. The highest BCUT2D eigenvalue weighted by molar-refractivity contribution is 5.58. The summed E-state index contributed by atoms with van der Waals surface area (Å²) in [6.45, 7) is 12.6. The molecule has 3 N–H and O–H groups in total. The molecule has 1 aromatic rings. The summed E-state index contributed by atoms with van der Waals surface area (Å²) in [5, 5.41) is 16.1. The molecule has 0 unspecified atom stereocenters. The molecule has 0 bridgehead atoms. The van der Waals surface area contributed by atoms with Crippen molar-refractivity contribution >= 4 is 5.69 Å². The Morgan fingerprint density at radius 2 is 1.63 bits per heavy atom. The van der Waals surface area contributed by atoms with Gasteiger partial charge in [-0.3, -0.25) is 0 Å². The topological polar surface area (TPSA) is 44.3 Å². The second-order valence-corrected chi connectivity index (χ2v) is 5.69. The minimum atomic E-state index is 0.182. The molecule has 0 aliphatic heterocycles. The summed E-state index contributed by atoms with van der Waals surface area (Å²) in [5.74, 6) is 0.452. The zero-order valence-electron chi connectivity index (χ0n) is 12.9. The number of nitrogens with one attached hydrogen (secondary N) is 2. The predicted molar refractivity (Wildman–Crippen MR) is 82.9 cm³/mol. The largest absolute Gasteiger partial charge is 0.395 e. The van der Waals surface area contributed by atoms with Crippen molar-refractivity contribution in [3.05, 3.63) is 28.8 Å². The third-order valence-corrected chi connectivity index (χ3v) is 3.51. The number of hydrogen-bond acceptors (Lipinski definition) is 3. The van der Waals surface area contributed by atoms with Gasteiger partial charge in [0.15, 0.2) is 0 Å². The highest BCUT2D eigenvalue weighted by atomic mass is 16.3. The van der Waals surface area contributed by atoms with E-state index in [4.69, 9.17) is 0 Å². The van der Waals surface area contributed by atoms with E-state index in [2.05, 4.69) is 57.4 Å². The maximum absolute atomic E-state index is 9.25. The van der Waals surface area contributed by atoms with Crippen LogP contribution in [0.5, 0.6) is 0 Å². The molecule has 1 atom stereocenters. The molecule has 19 heavy (non-hydrogen) atoms. The second-order valence-electron chi connectivity index (χ2n) is 5.69. The highest BCUT2D eigenvalue weighted by Gasteiger charge is 2.10. The van der Waals surface area contributed by atoms with Crippen LogP contribution in [0, 0.1) is 26.7 Å². The van der Waals surface area contributed by atoms with Gasteiger partial charge in [-0.15, -0.1) is 0 Å². The standard InChI is InChI=1S/C16H28N2O/c1-11(2)15(10-19)17-6-7-18-16-13(4)8-12(3)9-14(16)5/h8-9,11,15,17-19H,6-7,10H2,1-5H3/t15-/m1/s1. The Hall–Kier alpha value is -1.06. The van der Waals surface area contributed by atoms with Crippen molar-refractivity contribution in [1.82, 2.24) is 5.32 Å². The van der Waals surface area contributed by atoms with Gasteiger partial charge in [-0.1, -0.05) is 31.5 Å². The van der Waals surface area contributed by atoms with Crippen LogP contribution < -0.4 is 10.6 Å². The van der Waals surface area contributed by atoms with E-state index >= 15 is 0 Å². The molecule has 0 heterocycles. The first-order valence-corrected chi connectivity index (χ1v) is 7.11. The van der Waals surface area contributed by atoms with Crippen molar-refractivity contribution in [3.8, 4) is 0 Å². The van der Waals surface area contributed by atoms with Gasteiger partial charge < -0.3 is 15.7 Å². The fraction of sp³-hybridized carbons (Fsp3) is 0.625. The molecular weight excluding hydrogens is 236 g/mol. The number of anilines is 1. The SMILES string of the molecule is Cc1cc(C)c(NCCN[C@H](CO)C(C)C)c(C)c1. The molecule has 0 aliphatic carbocycles. The van der Waals surface area contributed by atoms with Crippen molar-refractivity contribution in [3.63, 3.8) is 0 Å². The molecule has 0 aliphatic rings. The molecule has 3 nitrogen and oxygen atoms in total. The lowest BCUT2D eigenvalue weighted by Crippen LogP contribution is -2.39. The summed E-state index contributed by atoms with van der Waals surface area (Å²) in [6.07, 6.45) is 0. The minimum Gasteiger partial charge on any atom is -0.395 e. The van der Waals surface area contributed by atoms with E-state index in [0.29, 0.717) is 5.92 Å². The molecule has 3 heteroatoms. The molecule has 0 aromatic heterocycles. The summed E-state index contributed by atoms with van der Waals surface area (Å²) >= 11 is 0. The van der Waals surface area contributed by atoms with Gasteiger partial charge in [0.2, 0.25) is 0 Å². The van der Waals surface area contributed by atoms with E-state index < -0.39 is 0 Å². The number of hydrogen-bond donors (Lipinski definition) is 3. The second kappa shape index (κ2) is 7.51. The average Bonchev–Trinajstić information content (AvgIpc) is 2.31. The summed E-state index contributed by atoms with van der Waals surface area (Å²) in [7, 11) is 0. The lowest BCUT2D eigenvalue weighted by atomic mass is 10.0. The Bertz CT molecular complexity index is 379. The molecule has 108 valence electrons. The van der Waals surface area contributed by atoms with Crippen LogP contribution in [-0.2, 0) is 0 Å². The molecule has 1 rings (SSSR count). The van der Waals surface area contributed by atoms with Crippen LogP contribution in [0.1, 0.15) is 30.5 Å². The van der Waals surface area contributed by atoms with Crippen LogP contribution in [0.15, 0.2) is 12.1 Å². The summed E-state index contributed by atoms with van der Waals surface area (Å²) in [4.78, 5) is 0. The highest BCUT2D eigenvalue weighted by Crippen LogP contribution is 2.21. The van der Waals surface area contributed by atoms with Crippen molar-refractivity contribution < 1.29 is 5.11 Å². The van der Waals surface area contributed by atoms with Crippen molar-refractivity contribution in [2.45, 2.75) is 40.7 Å².